The molecule has 10 heteroatoms. The number of hydrogen-bond acceptors (Lipinski definition) is 5. The molecule has 5 rings (SSSR count). The van der Waals surface area contributed by atoms with Gasteiger partial charge >= 0.3 is 0 Å². The first-order valence-electron chi connectivity index (χ1n) is 14.1. The molecule has 0 saturated heterocycles. The predicted molar refractivity (Wildman–Crippen MR) is 172 cm³/mol. The van der Waals surface area contributed by atoms with Gasteiger partial charge in [-0.1, -0.05) is 89.9 Å². The summed E-state index contributed by atoms with van der Waals surface area (Å²) in [4.78, 5) is 46.3. The van der Waals surface area contributed by atoms with Gasteiger partial charge < -0.3 is 21.1 Å². The van der Waals surface area contributed by atoms with E-state index in [0.29, 0.717) is 44.6 Å². The average Bonchev–Trinajstić information content (AvgIpc) is 3.14. The van der Waals surface area contributed by atoms with Gasteiger partial charge in [0, 0.05) is 39.9 Å². The molecule has 0 radical (unpaired) electrons. The van der Waals surface area contributed by atoms with Crippen LogP contribution in [0.3, 0.4) is 0 Å². The number of carbonyl (C=O) groups is 3. The van der Waals surface area contributed by atoms with Crippen molar-refractivity contribution >= 4 is 52.3 Å². The van der Waals surface area contributed by atoms with Crippen LogP contribution >= 0.6 is 23.2 Å². The Morgan fingerprint density at radius 3 is 2.34 bits per heavy atom. The third kappa shape index (κ3) is 6.83. The van der Waals surface area contributed by atoms with Crippen molar-refractivity contribution in [1.29, 1.82) is 0 Å². The molecule has 1 heterocycles. The number of benzene rings is 4. The zero-order valence-electron chi connectivity index (χ0n) is 23.6. The first kappa shape index (κ1) is 30.9. The van der Waals surface area contributed by atoms with Crippen molar-refractivity contribution in [3.05, 3.63) is 135 Å². The predicted octanol–water partition coefficient (Wildman–Crippen LogP) is 5.13. The Balaban J connectivity index is 1.57. The molecule has 1 aliphatic heterocycles. The summed E-state index contributed by atoms with van der Waals surface area (Å²) in [6, 6.07) is 28.3. The lowest BCUT2D eigenvalue weighted by atomic mass is 9.91. The number of aliphatic hydroxyl groups is 1. The van der Waals surface area contributed by atoms with Crippen molar-refractivity contribution in [3.8, 4) is 0 Å². The lowest BCUT2D eigenvalue weighted by molar-refractivity contribution is -0.128. The van der Waals surface area contributed by atoms with E-state index in [4.69, 9.17) is 33.9 Å². The number of fused-ring (bicyclic) bond motifs is 1. The second-order valence-corrected chi connectivity index (χ2v) is 11.2. The second kappa shape index (κ2) is 13.9. The Labute approximate surface area is 265 Å². The number of aliphatic imine (C=N–C) groups is 1. The zero-order chi connectivity index (χ0) is 31.2. The number of amides is 3. The molecule has 2 unspecified atom stereocenters. The maximum atomic E-state index is 14.1. The molecule has 44 heavy (non-hydrogen) atoms. The monoisotopic (exact) mass is 628 g/mol. The number of primary amides is 1. The summed E-state index contributed by atoms with van der Waals surface area (Å²) >= 11 is 12.6. The molecule has 224 valence electrons. The molecule has 1 aliphatic rings. The van der Waals surface area contributed by atoms with Crippen LogP contribution in [0.25, 0.3) is 0 Å². The molecule has 0 saturated carbocycles. The van der Waals surface area contributed by atoms with E-state index >= 15 is 0 Å². The number of halogens is 2. The summed E-state index contributed by atoms with van der Waals surface area (Å²) in [6.45, 7) is 0.0911. The molecule has 3 amide bonds. The number of hydrogen-bond donors (Lipinski definition) is 3. The van der Waals surface area contributed by atoms with Gasteiger partial charge in [0.05, 0.1) is 17.3 Å². The highest BCUT2D eigenvalue weighted by molar-refractivity contribution is 6.35. The van der Waals surface area contributed by atoms with Crippen LogP contribution in [-0.2, 0) is 16.0 Å². The molecule has 0 aromatic heterocycles. The van der Waals surface area contributed by atoms with E-state index < -0.39 is 29.8 Å². The average molecular weight is 630 g/mol. The van der Waals surface area contributed by atoms with Gasteiger partial charge in [-0.25, -0.2) is 4.99 Å². The lowest BCUT2D eigenvalue weighted by Gasteiger charge is -2.26. The van der Waals surface area contributed by atoms with E-state index in [1.165, 1.54) is 0 Å². The molecular formula is C34H30Cl2N4O4. The van der Waals surface area contributed by atoms with E-state index in [9.17, 15) is 19.5 Å². The molecule has 8 nitrogen and oxygen atoms in total. The van der Waals surface area contributed by atoms with Crippen molar-refractivity contribution in [2.24, 2.45) is 10.7 Å². The van der Waals surface area contributed by atoms with E-state index in [2.05, 4.69) is 5.32 Å². The normalized spacial score (nSPS) is 15.2. The first-order valence-corrected chi connectivity index (χ1v) is 14.8. The molecule has 0 spiro atoms. The SMILES string of the molecule is NC(=O)c1ccc(C2=NC(NC(=O)C(Cc3ccc(Cl)cc3Cl)c3ccccc3)C(=O)N(CCCO)c3ccccc32)cc1. The van der Waals surface area contributed by atoms with Crippen LogP contribution in [0.1, 0.15) is 45.0 Å². The Kier molecular flexibility index (Phi) is 9.75. The third-order valence-corrected chi connectivity index (χ3v) is 8.01. The Bertz CT molecular complexity index is 1710. The molecular weight excluding hydrogens is 599 g/mol. The van der Waals surface area contributed by atoms with E-state index in [0.717, 1.165) is 11.1 Å². The van der Waals surface area contributed by atoms with Crippen LogP contribution in [0.5, 0.6) is 0 Å². The number of aliphatic hydroxyl groups excluding tert-OH is 1. The number of para-hydroxylation sites is 1. The summed E-state index contributed by atoms with van der Waals surface area (Å²) in [7, 11) is 0. The van der Waals surface area contributed by atoms with Gasteiger partial charge in [-0.3, -0.25) is 14.4 Å². The number of nitrogens with two attached hydrogens (primary N) is 1. The summed E-state index contributed by atoms with van der Waals surface area (Å²) in [5.41, 5.74) is 9.58. The minimum absolute atomic E-state index is 0.122. The fourth-order valence-electron chi connectivity index (χ4n) is 5.20. The van der Waals surface area contributed by atoms with Gasteiger partial charge in [-0.05, 0) is 54.3 Å². The van der Waals surface area contributed by atoms with Gasteiger partial charge in [-0.15, -0.1) is 0 Å². The van der Waals surface area contributed by atoms with Crippen LogP contribution in [0.2, 0.25) is 10.0 Å². The molecule has 4 aromatic rings. The molecule has 2 atom stereocenters. The molecule has 0 aliphatic carbocycles. The van der Waals surface area contributed by atoms with Crippen molar-refractivity contribution < 1.29 is 19.5 Å². The number of nitrogens with zero attached hydrogens (tertiary/aromatic N) is 2. The molecule has 4 aromatic carbocycles. The summed E-state index contributed by atoms with van der Waals surface area (Å²) in [5, 5.41) is 13.4. The topological polar surface area (TPSA) is 125 Å². The maximum absolute atomic E-state index is 14.1. The Morgan fingerprint density at radius 1 is 0.955 bits per heavy atom. The number of nitrogens with one attached hydrogen (secondary N) is 1. The molecule has 4 N–H and O–H groups in total. The number of rotatable bonds is 10. The maximum Gasteiger partial charge on any atom is 0.272 e. The summed E-state index contributed by atoms with van der Waals surface area (Å²) < 4.78 is 0. The van der Waals surface area contributed by atoms with E-state index in [1.54, 1.807) is 53.4 Å². The summed E-state index contributed by atoms with van der Waals surface area (Å²) in [6.07, 6.45) is -0.705. The first-order chi connectivity index (χ1) is 21.3. The lowest BCUT2D eigenvalue weighted by Crippen LogP contribution is -2.49. The van der Waals surface area contributed by atoms with E-state index in [1.807, 2.05) is 48.5 Å². The molecule has 0 fully saturated rings. The second-order valence-electron chi connectivity index (χ2n) is 10.3. The van der Waals surface area contributed by atoms with Gasteiger partial charge in [0.15, 0.2) is 0 Å². The van der Waals surface area contributed by atoms with Crippen LogP contribution in [0, 0.1) is 0 Å². The minimum atomic E-state index is -1.29. The van der Waals surface area contributed by atoms with Crippen molar-refractivity contribution in [2.75, 3.05) is 18.1 Å². The number of anilines is 1. The van der Waals surface area contributed by atoms with Crippen molar-refractivity contribution in [2.45, 2.75) is 24.9 Å². The smallest absolute Gasteiger partial charge is 0.272 e. The van der Waals surface area contributed by atoms with Crippen LogP contribution < -0.4 is 16.0 Å². The van der Waals surface area contributed by atoms with Crippen molar-refractivity contribution in [1.82, 2.24) is 5.32 Å². The minimum Gasteiger partial charge on any atom is -0.396 e. The quantitative estimate of drug-likeness (QED) is 0.225. The largest absolute Gasteiger partial charge is 0.396 e. The van der Waals surface area contributed by atoms with Gasteiger partial charge in [0.1, 0.15) is 0 Å². The highest BCUT2D eigenvalue weighted by Crippen LogP contribution is 2.31. The fraction of sp³-hybridized carbons (Fsp3) is 0.176. The highest BCUT2D eigenvalue weighted by Gasteiger charge is 2.34. The van der Waals surface area contributed by atoms with Crippen LogP contribution in [-0.4, -0.2) is 47.9 Å². The van der Waals surface area contributed by atoms with Gasteiger partial charge in [-0.2, -0.15) is 0 Å². The third-order valence-electron chi connectivity index (χ3n) is 7.43. The molecule has 0 bridgehead atoms. The van der Waals surface area contributed by atoms with E-state index in [-0.39, 0.29) is 19.6 Å². The Hall–Kier alpha value is -4.50. The fourth-order valence-corrected chi connectivity index (χ4v) is 5.68. The number of carbonyl (C=O) groups excluding carboxylic acids is 3. The Morgan fingerprint density at radius 2 is 1.66 bits per heavy atom. The number of benzodiazepines with no additional fused rings is 1. The standard InChI is InChI=1S/C34H30Cl2N4O4/c35-25-16-15-24(28(36)20-25)19-27(21-7-2-1-3-8-21)33(43)39-32-34(44)40(17-6-18-41)29-10-5-4-9-26(29)30(38-32)22-11-13-23(14-12-22)31(37)42/h1-5,7-16,20,27,32,41H,6,17-19H2,(H2,37,42)(H,39,43). The van der Waals surface area contributed by atoms with Crippen LogP contribution in [0.15, 0.2) is 102 Å². The zero-order valence-corrected chi connectivity index (χ0v) is 25.1. The van der Waals surface area contributed by atoms with Gasteiger partial charge in [0.2, 0.25) is 18.0 Å². The van der Waals surface area contributed by atoms with Crippen molar-refractivity contribution in [3.63, 3.8) is 0 Å². The van der Waals surface area contributed by atoms with Gasteiger partial charge in [0.25, 0.3) is 5.91 Å². The summed E-state index contributed by atoms with van der Waals surface area (Å²) in [5.74, 6) is -2.13. The van der Waals surface area contributed by atoms with Crippen LogP contribution in [0.4, 0.5) is 5.69 Å². The highest BCUT2D eigenvalue weighted by atomic mass is 35.5.